The van der Waals surface area contributed by atoms with Crippen molar-refractivity contribution in [3.8, 4) is 39.7 Å². The van der Waals surface area contributed by atoms with E-state index in [-0.39, 0.29) is 23.6 Å². The molecule has 6 aromatic rings. The first-order valence-electron chi connectivity index (χ1n) is 11.4. The van der Waals surface area contributed by atoms with Crippen molar-refractivity contribution in [1.82, 2.24) is 30.2 Å². The number of nitrogens with one attached hydrogen (secondary N) is 2. The van der Waals surface area contributed by atoms with Crippen molar-refractivity contribution < 1.29 is 9.21 Å². The molecular weight excluding hydrogens is 468 g/mol. The Morgan fingerprint density at radius 1 is 0.892 bits per heavy atom. The first kappa shape index (κ1) is 22.0. The van der Waals surface area contributed by atoms with Gasteiger partial charge in [-0.3, -0.25) is 15.2 Å². The highest BCUT2D eigenvalue weighted by Crippen LogP contribution is 2.39. The molecular formula is C27H20N8O2. The molecule has 0 radical (unpaired) electrons. The zero-order chi connectivity index (χ0) is 25.2. The molecule has 0 aliphatic heterocycles. The Kier molecular flexibility index (Phi) is 5.51. The van der Waals surface area contributed by atoms with Crippen molar-refractivity contribution in [3.05, 3.63) is 103 Å². The van der Waals surface area contributed by atoms with Crippen LogP contribution in [0.2, 0.25) is 0 Å². The van der Waals surface area contributed by atoms with E-state index in [4.69, 9.17) is 15.2 Å². The van der Waals surface area contributed by atoms with Gasteiger partial charge in [-0.15, -0.1) is 5.10 Å². The number of carbonyl (C=O) groups is 1. The van der Waals surface area contributed by atoms with E-state index in [0.717, 1.165) is 16.8 Å². The van der Waals surface area contributed by atoms with Gasteiger partial charge < -0.3 is 10.2 Å². The minimum atomic E-state index is -0.369. The van der Waals surface area contributed by atoms with Crippen molar-refractivity contribution >= 4 is 17.7 Å². The summed E-state index contributed by atoms with van der Waals surface area (Å²) in [5.41, 5.74) is 10.9. The lowest BCUT2D eigenvalue weighted by Crippen LogP contribution is -2.11. The summed E-state index contributed by atoms with van der Waals surface area (Å²) >= 11 is 0. The van der Waals surface area contributed by atoms with Crippen LogP contribution in [0.4, 0.5) is 11.8 Å². The summed E-state index contributed by atoms with van der Waals surface area (Å²) in [4.78, 5) is 12.5. The molecule has 37 heavy (non-hydrogen) atoms. The van der Waals surface area contributed by atoms with E-state index in [0.29, 0.717) is 22.5 Å². The number of nitrogen functional groups attached to an aromatic ring is 1. The molecule has 3 aromatic carbocycles. The van der Waals surface area contributed by atoms with Gasteiger partial charge in [0.15, 0.2) is 5.82 Å². The molecule has 0 saturated carbocycles. The van der Waals surface area contributed by atoms with Gasteiger partial charge in [0.25, 0.3) is 11.8 Å². The standard InChI is InChI=1S/C27H20N8O2/c28-24-21(26-32-33-27(37-26)29-25(36)18-12-6-2-7-13-18)23(30-31-24)20-16-35(19-14-8-3-9-15-19)34-22(20)17-10-4-1-5-11-17/h1-16H,(H3,28,30,31)(H,29,33,36). The second-order valence-electron chi connectivity index (χ2n) is 8.13. The van der Waals surface area contributed by atoms with Crippen LogP contribution in [-0.2, 0) is 0 Å². The van der Waals surface area contributed by atoms with Gasteiger partial charge in [0, 0.05) is 22.9 Å². The zero-order valence-electron chi connectivity index (χ0n) is 19.4. The summed E-state index contributed by atoms with van der Waals surface area (Å²) in [6, 6.07) is 28.3. The Bertz CT molecular complexity index is 1670. The molecule has 0 aliphatic rings. The number of aromatic nitrogens is 6. The van der Waals surface area contributed by atoms with E-state index in [1.807, 2.05) is 72.9 Å². The average molecular weight is 489 g/mol. The molecule has 10 heteroatoms. The molecule has 0 fully saturated rings. The summed E-state index contributed by atoms with van der Waals surface area (Å²) in [7, 11) is 0. The lowest BCUT2D eigenvalue weighted by molar-refractivity contribution is 0.102. The predicted molar refractivity (Wildman–Crippen MR) is 139 cm³/mol. The minimum Gasteiger partial charge on any atom is -0.403 e. The Morgan fingerprint density at radius 3 is 2.30 bits per heavy atom. The second-order valence-corrected chi connectivity index (χ2v) is 8.13. The number of nitrogens with two attached hydrogens (primary N) is 1. The van der Waals surface area contributed by atoms with Gasteiger partial charge in [0.05, 0.1) is 11.4 Å². The molecule has 4 N–H and O–H groups in total. The molecule has 0 unspecified atom stereocenters. The van der Waals surface area contributed by atoms with Crippen molar-refractivity contribution in [2.24, 2.45) is 0 Å². The lowest BCUT2D eigenvalue weighted by atomic mass is 10.0. The van der Waals surface area contributed by atoms with Crippen LogP contribution >= 0.6 is 0 Å². The normalized spacial score (nSPS) is 10.9. The van der Waals surface area contributed by atoms with Gasteiger partial charge in [-0.2, -0.15) is 10.2 Å². The summed E-state index contributed by atoms with van der Waals surface area (Å²) in [5, 5.41) is 22.8. The van der Waals surface area contributed by atoms with Gasteiger partial charge in [-0.05, 0) is 24.3 Å². The number of H-pyrrole nitrogens is 1. The Morgan fingerprint density at radius 2 is 1.57 bits per heavy atom. The number of benzene rings is 3. The molecule has 0 aliphatic carbocycles. The fourth-order valence-corrected chi connectivity index (χ4v) is 3.98. The maximum Gasteiger partial charge on any atom is 0.322 e. The summed E-state index contributed by atoms with van der Waals surface area (Å²) in [5.74, 6) is -0.0890. The number of para-hydroxylation sites is 1. The van der Waals surface area contributed by atoms with Crippen molar-refractivity contribution in [2.75, 3.05) is 11.1 Å². The van der Waals surface area contributed by atoms with Gasteiger partial charge in [-0.25, -0.2) is 4.68 Å². The van der Waals surface area contributed by atoms with E-state index in [1.165, 1.54) is 0 Å². The maximum absolute atomic E-state index is 12.5. The first-order valence-corrected chi connectivity index (χ1v) is 11.4. The summed E-state index contributed by atoms with van der Waals surface area (Å²) in [6.07, 6.45) is 1.89. The molecule has 1 amide bonds. The second kappa shape index (κ2) is 9.27. The predicted octanol–water partition coefficient (Wildman–Crippen LogP) is 4.81. The van der Waals surface area contributed by atoms with Gasteiger partial charge >= 0.3 is 6.01 Å². The van der Waals surface area contributed by atoms with Gasteiger partial charge in [0.2, 0.25) is 0 Å². The van der Waals surface area contributed by atoms with E-state index < -0.39 is 0 Å². The van der Waals surface area contributed by atoms with Crippen molar-refractivity contribution in [1.29, 1.82) is 0 Å². The van der Waals surface area contributed by atoms with Gasteiger partial charge in [0.1, 0.15) is 11.3 Å². The Labute approximate surface area is 210 Å². The number of hydrogen-bond donors (Lipinski definition) is 3. The molecule has 0 atom stereocenters. The molecule has 0 bridgehead atoms. The monoisotopic (exact) mass is 488 g/mol. The number of nitrogens with zero attached hydrogens (tertiary/aromatic N) is 5. The zero-order valence-corrected chi connectivity index (χ0v) is 19.4. The molecule has 180 valence electrons. The smallest absolute Gasteiger partial charge is 0.322 e. The fourth-order valence-electron chi connectivity index (χ4n) is 3.98. The van der Waals surface area contributed by atoms with Crippen LogP contribution in [-0.4, -0.2) is 36.1 Å². The molecule has 3 heterocycles. The van der Waals surface area contributed by atoms with Crippen LogP contribution in [0.25, 0.3) is 39.7 Å². The first-order chi connectivity index (χ1) is 18.2. The number of hydrogen-bond acceptors (Lipinski definition) is 7. The van der Waals surface area contributed by atoms with Crippen LogP contribution in [0.5, 0.6) is 0 Å². The Hall–Kier alpha value is -5.51. The van der Waals surface area contributed by atoms with Crippen LogP contribution < -0.4 is 11.1 Å². The van der Waals surface area contributed by atoms with Crippen molar-refractivity contribution in [3.63, 3.8) is 0 Å². The highest BCUT2D eigenvalue weighted by atomic mass is 16.4. The summed E-state index contributed by atoms with van der Waals surface area (Å²) < 4.78 is 7.57. The highest BCUT2D eigenvalue weighted by Gasteiger charge is 2.25. The molecule has 6 rings (SSSR count). The third kappa shape index (κ3) is 4.23. The third-order valence-electron chi connectivity index (χ3n) is 5.74. The Balaban J connectivity index is 1.41. The van der Waals surface area contributed by atoms with Crippen LogP contribution in [0.3, 0.4) is 0 Å². The van der Waals surface area contributed by atoms with Crippen molar-refractivity contribution in [2.45, 2.75) is 0 Å². The highest BCUT2D eigenvalue weighted by molar-refractivity contribution is 6.03. The number of amides is 1. The lowest BCUT2D eigenvalue weighted by Gasteiger charge is -2.02. The SMILES string of the molecule is Nc1n[nH]c(-c2cn(-c3ccccc3)nc2-c2ccccc2)c1-c1nnc(NC(=O)c2ccccc2)o1. The molecule has 0 spiro atoms. The largest absolute Gasteiger partial charge is 0.403 e. The molecule has 10 nitrogen and oxygen atoms in total. The van der Waals surface area contributed by atoms with E-state index in [2.05, 4.69) is 25.7 Å². The van der Waals surface area contributed by atoms with Crippen LogP contribution in [0.15, 0.2) is 102 Å². The quantitative estimate of drug-likeness (QED) is 0.305. The number of anilines is 2. The number of carbonyl (C=O) groups excluding carboxylic acids is 1. The van der Waals surface area contributed by atoms with E-state index in [9.17, 15) is 4.79 Å². The van der Waals surface area contributed by atoms with Crippen LogP contribution in [0, 0.1) is 0 Å². The van der Waals surface area contributed by atoms with E-state index >= 15 is 0 Å². The van der Waals surface area contributed by atoms with Crippen LogP contribution in [0.1, 0.15) is 10.4 Å². The van der Waals surface area contributed by atoms with Gasteiger partial charge in [-0.1, -0.05) is 71.8 Å². The minimum absolute atomic E-state index is 0.0568. The maximum atomic E-state index is 12.5. The van der Waals surface area contributed by atoms with E-state index in [1.54, 1.807) is 28.9 Å². The molecule has 0 saturated heterocycles. The molecule has 3 aromatic heterocycles. The average Bonchev–Trinajstić information content (AvgIpc) is 3.68. The summed E-state index contributed by atoms with van der Waals surface area (Å²) in [6.45, 7) is 0. The fraction of sp³-hybridized carbons (Fsp3) is 0. The third-order valence-corrected chi connectivity index (χ3v) is 5.74. The topological polar surface area (TPSA) is 141 Å². The number of aromatic amines is 1. The number of rotatable bonds is 6.